The number of nitrogens with zero attached hydrogens (tertiary/aromatic N) is 4. The molecule has 0 aliphatic carbocycles. The number of amides is 1. The number of ether oxygens (including phenoxy) is 1. The minimum absolute atomic E-state index is 0.00512. The van der Waals surface area contributed by atoms with E-state index in [0.29, 0.717) is 13.2 Å². The molecule has 19 heavy (non-hydrogen) atoms. The minimum atomic E-state index is -0.413. The van der Waals surface area contributed by atoms with E-state index in [0.717, 1.165) is 24.5 Å². The van der Waals surface area contributed by atoms with Crippen molar-refractivity contribution in [3.05, 3.63) is 18.1 Å². The Kier molecular flexibility index (Phi) is 4.31. The van der Waals surface area contributed by atoms with E-state index in [1.165, 1.54) is 0 Å². The van der Waals surface area contributed by atoms with Crippen molar-refractivity contribution in [2.45, 2.75) is 19.4 Å². The Morgan fingerprint density at radius 3 is 3.00 bits per heavy atom. The molecule has 2 heterocycles. The van der Waals surface area contributed by atoms with Gasteiger partial charge in [-0.05, 0) is 6.42 Å². The van der Waals surface area contributed by atoms with Crippen LogP contribution in [0.4, 0.5) is 5.82 Å². The highest BCUT2D eigenvalue weighted by Gasteiger charge is 2.28. The zero-order valence-corrected chi connectivity index (χ0v) is 11.7. The molecule has 1 aliphatic heterocycles. The maximum absolute atomic E-state index is 11.9. The first-order chi connectivity index (χ1) is 9.11. The van der Waals surface area contributed by atoms with Crippen molar-refractivity contribution in [3.63, 3.8) is 0 Å². The highest BCUT2D eigenvalue weighted by Crippen LogP contribution is 2.16. The Morgan fingerprint density at radius 2 is 2.32 bits per heavy atom. The molecular formula is C13H20N4O2. The van der Waals surface area contributed by atoms with Crippen LogP contribution in [0.5, 0.6) is 0 Å². The van der Waals surface area contributed by atoms with Gasteiger partial charge in [-0.15, -0.1) is 0 Å². The van der Waals surface area contributed by atoms with E-state index in [9.17, 15) is 4.79 Å². The number of carbonyl (C=O) groups is 1. The van der Waals surface area contributed by atoms with Gasteiger partial charge in [0.25, 0.3) is 5.91 Å². The summed E-state index contributed by atoms with van der Waals surface area (Å²) in [6.07, 6.45) is 2.04. The third kappa shape index (κ3) is 3.20. The zero-order valence-electron chi connectivity index (χ0n) is 11.7. The molecule has 1 saturated heterocycles. The molecule has 1 fully saturated rings. The maximum Gasteiger partial charge on any atom is 0.253 e. The van der Waals surface area contributed by atoms with E-state index in [4.69, 9.17) is 4.74 Å². The molecular weight excluding hydrogens is 244 g/mol. The number of aryl methyl sites for hydroxylation is 1. The van der Waals surface area contributed by atoms with E-state index in [2.05, 4.69) is 21.8 Å². The van der Waals surface area contributed by atoms with E-state index >= 15 is 0 Å². The molecule has 0 saturated carbocycles. The number of carbonyl (C=O) groups excluding carboxylic acids is 1. The average Bonchev–Trinajstić information content (AvgIpc) is 2.46. The van der Waals surface area contributed by atoms with Crippen molar-refractivity contribution >= 4 is 11.7 Å². The van der Waals surface area contributed by atoms with Crippen LogP contribution in [0, 0.1) is 0 Å². The van der Waals surface area contributed by atoms with Gasteiger partial charge < -0.3 is 14.5 Å². The SMILES string of the molecule is CCc1cc(N2CCOC(C(=O)N(C)C)C2)ncn1. The van der Waals surface area contributed by atoms with E-state index in [1.54, 1.807) is 25.3 Å². The largest absolute Gasteiger partial charge is 0.365 e. The van der Waals surface area contributed by atoms with Gasteiger partial charge in [0.1, 0.15) is 12.1 Å². The lowest BCUT2D eigenvalue weighted by Gasteiger charge is -2.34. The molecule has 0 bridgehead atoms. The van der Waals surface area contributed by atoms with Crippen molar-refractivity contribution in [2.24, 2.45) is 0 Å². The number of anilines is 1. The summed E-state index contributed by atoms with van der Waals surface area (Å²) in [7, 11) is 3.48. The predicted octanol–water partition coefficient (Wildman–Crippen LogP) is 0.332. The first-order valence-corrected chi connectivity index (χ1v) is 6.50. The van der Waals surface area contributed by atoms with Gasteiger partial charge in [0.2, 0.25) is 0 Å². The molecule has 0 spiro atoms. The second-order valence-electron chi connectivity index (χ2n) is 4.76. The second kappa shape index (κ2) is 5.97. The van der Waals surface area contributed by atoms with Crippen LogP contribution in [-0.2, 0) is 16.0 Å². The molecule has 1 atom stereocenters. The summed E-state index contributed by atoms with van der Waals surface area (Å²) < 4.78 is 5.53. The predicted molar refractivity (Wildman–Crippen MR) is 72.1 cm³/mol. The highest BCUT2D eigenvalue weighted by atomic mass is 16.5. The van der Waals surface area contributed by atoms with Crippen LogP contribution in [0.25, 0.3) is 0 Å². The normalized spacial score (nSPS) is 19.3. The van der Waals surface area contributed by atoms with Crippen LogP contribution in [0.1, 0.15) is 12.6 Å². The van der Waals surface area contributed by atoms with Gasteiger partial charge >= 0.3 is 0 Å². The summed E-state index contributed by atoms with van der Waals surface area (Å²) in [5.41, 5.74) is 1.01. The molecule has 0 aromatic carbocycles. The van der Waals surface area contributed by atoms with E-state index < -0.39 is 6.10 Å². The number of hydrogen-bond acceptors (Lipinski definition) is 5. The highest BCUT2D eigenvalue weighted by molar-refractivity contribution is 5.81. The topological polar surface area (TPSA) is 58.6 Å². The van der Waals surface area contributed by atoms with Crippen LogP contribution in [-0.4, -0.2) is 60.7 Å². The number of hydrogen-bond donors (Lipinski definition) is 0. The summed E-state index contributed by atoms with van der Waals surface area (Å²) in [4.78, 5) is 24.1. The van der Waals surface area contributed by atoms with Gasteiger partial charge in [-0.1, -0.05) is 6.92 Å². The molecule has 6 heteroatoms. The van der Waals surface area contributed by atoms with Crippen LogP contribution in [0.15, 0.2) is 12.4 Å². The first kappa shape index (κ1) is 13.7. The fourth-order valence-electron chi connectivity index (χ4n) is 2.05. The van der Waals surface area contributed by atoms with Crippen molar-refractivity contribution in [1.82, 2.24) is 14.9 Å². The fourth-order valence-corrected chi connectivity index (χ4v) is 2.05. The Bertz CT molecular complexity index is 450. The molecule has 104 valence electrons. The Labute approximate surface area is 113 Å². The summed E-state index contributed by atoms with van der Waals surface area (Å²) in [6.45, 7) is 3.88. The molecule has 1 aromatic rings. The van der Waals surface area contributed by atoms with E-state index in [1.807, 2.05) is 6.07 Å². The van der Waals surface area contributed by atoms with Crippen LogP contribution >= 0.6 is 0 Å². The number of aromatic nitrogens is 2. The number of likely N-dealkylation sites (N-methyl/N-ethyl adjacent to an activating group) is 1. The van der Waals surface area contributed by atoms with Crippen LogP contribution in [0.2, 0.25) is 0 Å². The summed E-state index contributed by atoms with van der Waals surface area (Å²) >= 11 is 0. The smallest absolute Gasteiger partial charge is 0.253 e. The lowest BCUT2D eigenvalue weighted by atomic mass is 10.2. The van der Waals surface area contributed by atoms with Gasteiger partial charge in [0.15, 0.2) is 6.10 Å². The third-order valence-electron chi connectivity index (χ3n) is 3.18. The Balaban J connectivity index is 2.10. The molecule has 1 aromatic heterocycles. The lowest BCUT2D eigenvalue weighted by molar-refractivity contribution is -0.141. The van der Waals surface area contributed by atoms with Crippen molar-refractivity contribution in [2.75, 3.05) is 38.7 Å². The Morgan fingerprint density at radius 1 is 1.53 bits per heavy atom. The third-order valence-corrected chi connectivity index (χ3v) is 3.18. The number of rotatable bonds is 3. The fraction of sp³-hybridized carbons (Fsp3) is 0.615. The van der Waals surface area contributed by atoms with Crippen molar-refractivity contribution in [3.8, 4) is 0 Å². The minimum Gasteiger partial charge on any atom is -0.365 e. The molecule has 0 radical (unpaired) electrons. The lowest BCUT2D eigenvalue weighted by Crippen LogP contribution is -2.49. The zero-order chi connectivity index (χ0) is 13.8. The Hall–Kier alpha value is -1.69. The van der Waals surface area contributed by atoms with Gasteiger partial charge in [0, 0.05) is 32.4 Å². The maximum atomic E-state index is 11.9. The molecule has 1 amide bonds. The second-order valence-corrected chi connectivity index (χ2v) is 4.76. The van der Waals surface area contributed by atoms with Gasteiger partial charge in [-0.3, -0.25) is 4.79 Å². The molecule has 6 nitrogen and oxygen atoms in total. The molecule has 2 rings (SSSR count). The average molecular weight is 264 g/mol. The van der Waals surface area contributed by atoms with E-state index in [-0.39, 0.29) is 5.91 Å². The summed E-state index contributed by atoms with van der Waals surface area (Å²) in [6, 6.07) is 1.97. The van der Waals surface area contributed by atoms with Crippen LogP contribution < -0.4 is 4.90 Å². The quantitative estimate of drug-likeness (QED) is 0.787. The van der Waals surface area contributed by atoms with Crippen molar-refractivity contribution in [1.29, 1.82) is 0 Å². The molecule has 1 unspecified atom stereocenters. The van der Waals surface area contributed by atoms with Gasteiger partial charge in [0.05, 0.1) is 13.2 Å². The monoisotopic (exact) mass is 264 g/mol. The van der Waals surface area contributed by atoms with Crippen molar-refractivity contribution < 1.29 is 9.53 Å². The summed E-state index contributed by atoms with van der Waals surface area (Å²) in [5, 5.41) is 0. The van der Waals surface area contributed by atoms with Gasteiger partial charge in [-0.2, -0.15) is 0 Å². The molecule has 0 N–H and O–H groups in total. The van der Waals surface area contributed by atoms with Gasteiger partial charge in [-0.25, -0.2) is 9.97 Å². The standard InChI is InChI=1S/C13H20N4O2/c1-4-10-7-12(15-9-14-10)17-5-6-19-11(8-17)13(18)16(2)3/h7,9,11H,4-6,8H2,1-3H3. The first-order valence-electron chi connectivity index (χ1n) is 6.50. The number of morpholine rings is 1. The molecule has 1 aliphatic rings. The van der Waals surface area contributed by atoms with Crippen LogP contribution in [0.3, 0.4) is 0 Å². The summed E-state index contributed by atoms with van der Waals surface area (Å²) in [5.74, 6) is 0.862.